The molecular weight excluding hydrogens is 262 g/mol. The number of carbonyl (C=O) groups is 1. The summed E-state index contributed by atoms with van der Waals surface area (Å²) in [6.07, 6.45) is -0.658. The van der Waals surface area contributed by atoms with Crippen LogP contribution in [-0.2, 0) is 4.79 Å². The van der Waals surface area contributed by atoms with Gasteiger partial charge in [-0.3, -0.25) is 4.79 Å². The molecule has 0 spiro atoms. The molecule has 1 rings (SSSR count). The number of ether oxygens (including phenoxy) is 2. The molecule has 1 unspecified atom stereocenters. The van der Waals surface area contributed by atoms with Crippen molar-refractivity contribution < 1.29 is 14.3 Å². The minimum atomic E-state index is -0.658. The summed E-state index contributed by atoms with van der Waals surface area (Å²) in [5, 5.41) is 0. The van der Waals surface area contributed by atoms with Gasteiger partial charge in [-0.1, -0.05) is 0 Å². The van der Waals surface area contributed by atoms with Gasteiger partial charge in [0.15, 0.2) is 6.10 Å². The van der Waals surface area contributed by atoms with Gasteiger partial charge in [0.25, 0.3) is 5.91 Å². The molecule has 0 radical (unpaired) electrons. The van der Waals surface area contributed by atoms with Crippen LogP contribution in [0.25, 0.3) is 0 Å². The molecular formula is C10H12BrNO3. The Kier molecular flexibility index (Phi) is 3.96. The summed E-state index contributed by atoms with van der Waals surface area (Å²) in [6, 6.07) is 5.21. The normalized spacial score (nSPS) is 11.9. The average Bonchev–Trinajstić information content (AvgIpc) is 2.20. The van der Waals surface area contributed by atoms with Crippen molar-refractivity contribution in [3.63, 3.8) is 0 Å². The lowest BCUT2D eigenvalue weighted by Gasteiger charge is -2.13. The quantitative estimate of drug-likeness (QED) is 0.909. The second kappa shape index (κ2) is 5.02. The van der Waals surface area contributed by atoms with E-state index in [4.69, 9.17) is 15.2 Å². The second-order valence-electron chi connectivity index (χ2n) is 2.96. The lowest BCUT2D eigenvalue weighted by molar-refractivity contribution is -0.124. The summed E-state index contributed by atoms with van der Waals surface area (Å²) in [5.74, 6) is 0.765. The SMILES string of the molecule is COc1ccc(OC(C)C(N)=O)c(Br)c1. The van der Waals surface area contributed by atoms with Gasteiger partial charge < -0.3 is 15.2 Å². The Morgan fingerprint density at radius 2 is 2.20 bits per heavy atom. The Labute approximate surface area is 96.5 Å². The van der Waals surface area contributed by atoms with Crippen molar-refractivity contribution in [1.29, 1.82) is 0 Å². The molecule has 1 aromatic rings. The van der Waals surface area contributed by atoms with Crippen molar-refractivity contribution in [2.75, 3.05) is 7.11 Å². The number of halogens is 1. The molecule has 0 aliphatic carbocycles. The summed E-state index contributed by atoms with van der Waals surface area (Å²) in [7, 11) is 1.58. The van der Waals surface area contributed by atoms with Gasteiger partial charge in [0.05, 0.1) is 11.6 Å². The number of primary amides is 1. The molecule has 5 heteroatoms. The van der Waals surface area contributed by atoms with Gasteiger partial charge in [0, 0.05) is 0 Å². The van der Waals surface area contributed by atoms with E-state index in [2.05, 4.69) is 15.9 Å². The van der Waals surface area contributed by atoms with Crippen molar-refractivity contribution >= 4 is 21.8 Å². The van der Waals surface area contributed by atoms with E-state index in [0.29, 0.717) is 11.5 Å². The zero-order valence-corrected chi connectivity index (χ0v) is 10.1. The van der Waals surface area contributed by atoms with E-state index >= 15 is 0 Å². The number of methoxy groups -OCH3 is 1. The second-order valence-corrected chi connectivity index (χ2v) is 3.81. The van der Waals surface area contributed by atoms with Crippen LogP contribution in [0.4, 0.5) is 0 Å². The van der Waals surface area contributed by atoms with Crippen LogP contribution in [0.1, 0.15) is 6.92 Å². The molecule has 1 amide bonds. The summed E-state index contributed by atoms with van der Waals surface area (Å²) >= 11 is 3.31. The molecule has 2 N–H and O–H groups in total. The van der Waals surface area contributed by atoms with Crippen LogP contribution in [0.3, 0.4) is 0 Å². The highest BCUT2D eigenvalue weighted by Crippen LogP contribution is 2.29. The van der Waals surface area contributed by atoms with E-state index in [0.717, 1.165) is 4.47 Å². The third kappa shape index (κ3) is 3.13. The number of rotatable bonds is 4. The Morgan fingerprint density at radius 3 is 2.67 bits per heavy atom. The largest absolute Gasteiger partial charge is 0.497 e. The molecule has 0 aromatic heterocycles. The molecule has 0 bridgehead atoms. The van der Waals surface area contributed by atoms with Crippen LogP contribution >= 0.6 is 15.9 Å². The molecule has 15 heavy (non-hydrogen) atoms. The van der Waals surface area contributed by atoms with E-state index in [9.17, 15) is 4.79 Å². The van der Waals surface area contributed by atoms with Crippen molar-refractivity contribution in [3.8, 4) is 11.5 Å². The maximum absolute atomic E-state index is 10.8. The summed E-state index contributed by atoms with van der Waals surface area (Å²) < 4.78 is 11.1. The minimum absolute atomic E-state index is 0.502. The molecule has 0 aliphatic rings. The summed E-state index contributed by atoms with van der Waals surface area (Å²) in [6.45, 7) is 1.60. The highest BCUT2D eigenvalue weighted by Gasteiger charge is 2.12. The number of hydrogen-bond acceptors (Lipinski definition) is 3. The predicted molar refractivity (Wildman–Crippen MR) is 60.0 cm³/mol. The maximum atomic E-state index is 10.8. The smallest absolute Gasteiger partial charge is 0.258 e. The molecule has 0 saturated heterocycles. The molecule has 82 valence electrons. The monoisotopic (exact) mass is 273 g/mol. The molecule has 4 nitrogen and oxygen atoms in total. The van der Waals surface area contributed by atoms with E-state index in [1.54, 1.807) is 32.2 Å². The molecule has 0 fully saturated rings. The number of hydrogen-bond donors (Lipinski definition) is 1. The third-order valence-corrected chi connectivity index (χ3v) is 2.46. The average molecular weight is 274 g/mol. The van der Waals surface area contributed by atoms with E-state index in [1.807, 2.05) is 0 Å². The first-order valence-electron chi connectivity index (χ1n) is 4.34. The van der Waals surface area contributed by atoms with Crippen LogP contribution in [0.5, 0.6) is 11.5 Å². The van der Waals surface area contributed by atoms with Crippen LogP contribution in [0.15, 0.2) is 22.7 Å². The fourth-order valence-corrected chi connectivity index (χ4v) is 1.40. The highest BCUT2D eigenvalue weighted by molar-refractivity contribution is 9.10. The molecule has 1 atom stereocenters. The van der Waals surface area contributed by atoms with Crippen LogP contribution in [-0.4, -0.2) is 19.1 Å². The Hall–Kier alpha value is -1.23. The van der Waals surface area contributed by atoms with Gasteiger partial charge in [-0.15, -0.1) is 0 Å². The van der Waals surface area contributed by atoms with Crippen molar-refractivity contribution in [2.45, 2.75) is 13.0 Å². The van der Waals surface area contributed by atoms with Crippen LogP contribution in [0.2, 0.25) is 0 Å². The summed E-state index contributed by atoms with van der Waals surface area (Å²) in [4.78, 5) is 10.8. The lowest BCUT2D eigenvalue weighted by Crippen LogP contribution is -2.30. The first-order chi connectivity index (χ1) is 7.04. The predicted octanol–water partition coefficient (Wildman–Crippen LogP) is 1.71. The lowest BCUT2D eigenvalue weighted by atomic mass is 10.3. The van der Waals surface area contributed by atoms with E-state index < -0.39 is 12.0 Å². The number of benzene rings is 1. The fourth-order valence-electron chi connectivity index (χ4n) is 0.953. The maximum Gasteiger partial charge on any atom is 0.258 e. The number of nitrogens with two attached hydrogens (primary N) is 1. The van der Waals surface area contributed by atoms with Crippen molar-refractivity contribution in [1.82, 2.24) is 0 Å². The molecule has 1 aromatic carbocycles. The van der Waals surface area contributed by atoms with Crippen LogP contribution < -0.4 is 15.2 Å². The highest BCUT2D eigenvalue weighted by atomic mass is 79.9. The number of carbonyl (C=O) groups excluding carboxylic acids is 1. The van der Waals surface area contributed by atoms with Gasteiger partial charge in [-0.2, -0.15) is 0 Å². The number of amides is 1. The van der Waals surface area contributed by atoms with Gasteiger partial charge in [-0.25, -0.2) is 0 Å². The first-order valence-corrected chi connectivity index (χ1v) is 5.13. The molecule has 0 heterocycles. The molecule has 0 saturated carbocycles. The van der Waals surface area contributed by atoms with E-state index in [-0.39, 0.29) is 0 Å². The van der Waals surface area contributed by atoms with Crippen LogP contribution in [0, 0.1) is 0 Å². The van der Waals surface area contributed by atoms with Gasteiger partial charge in [0.1, 0.15) is 11.5 Å². The Balaban J connectivity index is 2.82. The van der Waals surface area contributed by atoms with Crippen molar-refractivity contribution in [3.05, 3.63) is 22.7 Å². The zero-order chi connectivity index (χ0) is 11.4. The zero-order valence-electron chi connectivity index (χ0n) is 8.49. The Bertz CT molecular complexity index is 368. The Morgan fingerprint density at radius 1 is 1.53 bits per heavy atom. The van der Waals surface area contributed by atoms with Gasteiger partial charge >= 0.3 is 0 Å². The van der Waals surface area contributed by atoms with E-state index in [1.165, 1.54) is 0 Å². The topological polar surface area (TPSA) is 61.6 Å². The van der Waals surface area contributed by atoms with Gasteiger partial charge in [-0.05, 0) is 41.1 Å². The summed E-state index contributed by atoms with van der Waals surface area (Å²) in [5.41, 5.74) is 5.09. The first kappa shape index (κ1) is 11.8. The standard InChI is InChI=1S/C10H12BrNO3/c1-6(10(12)13)15-9-4-3-7(14-2)5-8(9)11/h3-6H,1-2H3,(H2,12,13). The minimum Gasteiger partial charge on any atom is -0.497 e. The third-order valence-electron chi connectivity index (χ3n) is 1.84. The van der Waals surface area contributed by atoms with Crippen molar-refractivity contribution in [2.24, 2.45) is 5.73 Å². The van der Waals surface area contributed by atoms with Gasteiger partial charge in [0.2, 0.25) is 0 Å². The fraction of sp³-hybridized carbons (Fsp3) is 0.300. The molecule has 0 aliphatic heterocycles.